The molecule has 2 rings (SSSR count). The van der Waals surface area contributed by atoms with Crippen LogP contribution in [0.5, 0.6) is 0 Å². The number of anilines is 2. The standard InChI is InChI=1S/C15H20FN3O2/c1-3-19(4-2)13-7-5-10(9-11(13)16)17-12-6-8-14(20)18-15(12)21/h5,7,9,12,17H,3-4,6,8H2,1-2H3,(H,18,20,21). The first-order chi connectivity index (χ1) is 10.0. The van der Waals surface area contributed by atoms with E-state index in [0.717, 1.165) is 13.1 Å². The van der Waals surface area contributed by atoms with Crippen LogP contribution in [0.4, 0.5) is 15.8 Å². The molecule has 1 aromatic rings. The number of benzene rings is 1. The number of imide groups is 1. The molecule has 5 nitrogen and oxygen atoms in total. The Bertz CT molecular complexity index is 544. The maximum absolute atomic E-state index is 14.2. The average molecular weight is 293 g/mol. The number of hydrogen-bond acceptors (Lipinski definition) is 4. The van der Waals surface area contributed by atoms with E-state index in [0.29, 0.717) is 24.2 Å². The van der Waals surface area contributed by atoms with Crippen molar-refractivity contribution in [3.05, 3.63) is 24.0 Å². The highest BCUT2D eigenvalue weighted by molar-refractivity contribution is 6.01. The molecule has 21 heavy (non-hydrogen) atoms. The van der Waals surface area contributed by atoms with E-state index in [1.54, 1.807) is 12.1 Å². The Morgan fingerprint density at radius 2 is 2.05 bits per heavy atom. The minimum absolute atomic E-state index is 0.263. The molecule has 1 unspecified atom stereocenters. The van der Waals surface area contributed by atoms with Gasteiger partial charge in [-0.25, -0.2) is 4.39 Å². The average Bonchev–Trinajstić information content (AvgIpc) is 2.45. The Kier molecular flexibility index (Phi) is 4.77. The molecule has 1 aliphatic rings. The van der Waals surface area contributed by atoms with Gasteiger partial charge in [-0.1, -0.05) is 0 Å². The first kappa shape index (κ1) is 15.3. The summed E-state index contributed by atoms with van der Waals surface area (Å²) in [6.07, 6.45) is 0.716. The van der Waals surface area contributed by atoms with Crippen LogP contribution in [-0.4, -0.2) is 30.9 Å². The summed E-state index contributed by atoms with van der Waals surface area (Å²) in [4.78, 5) is 24.7. The van der Waals surface area contributed by atoms with Crippen molar-refractivity contribution < 1.29 is 14.0 Å². The zero-order valence-electron chi connectivity index (χ0n) is 12.3. The number of rotatable bonds is 5. The summed E-state index contributed by atoms with van der Waals surface area (Å²) in [7, 11) is 0. The van der Waals surface area contributed by atoms with Crippen molar-refractivity contribution in [2.75, 3.05) is 23.3 Å². The van der Waals surface area contributed by atoms with Crippen LogP contribution in [0.15, 0.2) is 18.2 Å². The highest BCUT2D eigenvalue weighted by Gasteiger charge is 2.26. The molecule has 1 aromatic carbocycles. The molecule has 0 aliphatic carbocycles. The van der Waals surface area contributed by atoms with Gasteiger partial charge in [-0.3, -0.25) is 14.9 Å². The van der Waals surface area contributed by atoms with Crippen LogP contribution in [0, 0.1) is 5.82 Å². The monoisotopic (exact) mass is 293 g/mol. The van der Waals surface area contributed by atoms with Crippen LogP contribution in [-0.2, 0) is 9.59 Å². The highest BCUT2D eigenvalue weighted by atomic mass is 19.1. The molecular formula is C15H20FN3O2. The van der Waals surface area contributed by atoms with Crippen LogP contribution < -0.4 is 15.5 Å². The van der Waals surface area contributed by atoms with Gasteiger partial charge in [-0.15, -0.1) is 0 Å². The Hall–Kier alpha value is -2.11. The molecule has 2 amide bonds. The smallest absolute Gasteiger partial charge is 0.249 e. The molecule has 0 aromatic heterocycles. The second kappa shape index (κ2) is 6.56. The molecule has 1 saturated heterocycles. The molecule has 1 heterocycles. The molecule has 6 heteroatoms. The maximum Gasteiger partial charge on any atom is 0.249 e. The van der Waals surface area contributed by atoms with Crippen LogP contribution >= 0.6 is 0 Å². The van der Waals surface area contributed by atoms with Gasteiger partial charge in [0.15, 0.2) is 0 Å². The Balaban J connectivity index is 2.10. The third-order valence-corrected chi connectivity index (χ3v) is 3.63. The largest absolute Gasteiger partial charge is 0.374 e. The second-order valence-electron chi connectivity index (χ2n) is 4.99. The summed E-state index contributed by atoms with van der Waals surface area (Å²) in [5, 5.41) is 5.24. The van der Waals surface area contributed by atoms with Gasteiger partial charge in [-0.2, -0.15) is 0 Å². The lowest BCUT2D eigenvalue weighted by Gasteiger charge is -2.24. The van der Waals surface area contributed by atoms with Crippen molar-refractivity contribution in [2.45, 2.75) is 32.7 Å². The summed E-state index contributed by atoms with van der Waals surface area (Å²) >= 11 is 0. The third-order valence-electron chi connectivity index (χ3n) is 3.63. The summed E-state index contributed by atoms with van der Waals surface area (Å²) in [6.45, 7) is 5.40. The van der Waals surface area contributed by atoms with Crippen molar-refractivity contribution >= 4 is 23.2 Å². The van der Waals surface area contributed by atoms with Gasteiger partial charge >= 0.3 is 0 Å². The van der Waals surface area contributed by atoms with Crippen LogP contribution in [0.1, 0.15) is 26.7 Å². The Morgan fingerprint density at radius 3 is 2.62 bits per heavy atom. The summed E-state index contributed by atoms with van der Waals surface area (Å²) in [5.41, 5.74) is 1.09. The molecule has 0 saturated carbocycles. The Labute approximate surface area is 123 Å². The molecule has 1 atom stereocenters. The van der Waals surface area contributed by atoms with Crippen molar-refractivity contribution in [2.24, 2.45) is 0 Å². The van der Waals surface area contributed by atoms with Gasteiger partial charge < -0.3 is 10.2 Å². The number of carbonyl (C=O) groups is 2. The molecule has 1 aliphatic heterocycles. The first-order valence-corrected chi connectivity index (χ1v) is 7.19. The van der Waals surface area contributed by atoms with Gasteiger partial charge in [-0.05, 0) is 38.5 Å². The number of nitrogens with zero attached hydrogens (tertiary/aromatic N) is 1. The molecule has 2 N–H and O–H groups in total. The third kappa shape index (κ3) is 3.51. The van der Waals surface area contributed by atoms with Crippen molar-refractivity contribution in [1.29, 1.82) is 0 Å². The minimum atomic E-state index is -0.499. The number of hydrogen-bond donors (Lipinski definition) is 2. The lowest BCUT2D eigenvalue weighted by Crippen LogP contribution is -2.47. The fourth-order valence-corrected chi connectivity index (χ4v) is 2.45. The van der Waals surface area contributed by atoms with Crippen LogP contribution in [0.3, 0.4) is 0 Å². The SMILES string of the molecule is CCN(CC)c1ccc(NC2CCC(=O)NC2=O)cc1F. The summed E-state index contributed by atoms with van der Waals surface area (Å²) in [6, 6.07) is 4.34. The van der Waals surface area contributed by atoms with Crippen LogP contribution in [0.2, 0.25) is 0 Å². The van der Waals surface area contributed by atoms with Crippen molar-refractivity contribution in [1.82, 2.24) is 5.32 Å². The van der Waals surface area contributed by atoms with Crippen molar-refractivity contribution in [3.63, 3.8) is 0 Å². The van der Waals surface area contributed by atoms with Gasteiger partial charge in [0.2, 0.25) is 11.8 Å². The number of halogens is 1. The maximum atomic E-state index is 14.2. The van der Waals surface area contributed by atoms with E-state index in [-0.39, 0.29) is 17.6 Å². The van der Waals surface area contributed by atoms with Crippen molar-refractivity contribution in [3.8, 4) is 0 Å². The fraction of sp³-hybridized carbons (Fsp3) is 0.467. The highest BCUT2D eigenvalue weighted by Crippen LogP contribution is 2.24. The molecule has 0 radical (unpaired) electrons. The second-order valence-corrected chi connectivity index (χ2v) is 4.99. The minimum Gasteiger partial charge on any atom is -0.374 e. The van der Waals surface area contributed by atoms with E-state index in [1.165, 1.54) is 6.07 Å². The van der Waals surface area contributed by atoms with E-state index in [9.17, 15) is 14.0 Å². The zero-order valence-corrected chi connectivity index (χ0v) is 12.3. The van der Waals surface area contributed by atoms with E-state index >= 15 is 0 Å². The predicted octanol–water partition coefficient (Wildman–Crippen LogP) is 1.89. The summed E-state index contributed by atoms with van der Waals surface area (Å²) < 4.78 is 14.2. The molecule has 1 fully saturated rings. The number of carbonyl (C=O) groups excluding carboxylic acids is 2. The lowest BCUT2D eigenvalue weighted by molar-refractivity contribution is -0.133. The van der Waals surface area contributed by atoms with E-state index < -0.39 is 6.04 Å². The van der Waals surface area contributed by atoms with E-state index in [2.05, 4.69) is 10.6 Å². The first-order valence-electron chi connectivity index (χ1n) is 7.19. The molecular weight excluding hydrogens is 273 g/mol. The summed E-state index contributed by atoms with van der Waals surface area (Å²) in [5.74, 6) is -0.948. The normalized spacial score (nSPS) is 18.3. The van der Waals surface area contributed by atoms with E-state index in [1.807, 2.05) is 18.7 Å². The number of piperidine rings is 1. The van der Waals surface area contributed by atoms with Crippen LogP contribution in [0.25, 0.3) is 0 Å². The lowest BCUT2D eigenvalue weighted by atomic mass is 10.1. The Morgan fingerprint density at radius 1 is 1.33 bits per heavy atom. The van der Waals surface area contributed by atoms with Gasteiger partial charge in [0.05, 0.1) is 5.69 Å². The van der Waals surface area contributed by atoms with Gasteiger partial charge in [0.1, 0.15) is 11.9 Å². The topological polar surface area (TPSA) is 61.4 Å². The fourth-order valence-electron chi connectivity index (χ4n) is 2.45. The number of nitrogens with one attached hydrogen (secondary N) is 2. The molecule has 114 valence electrons. The predicted molar refractivity (Wildman–Crippen MR) is 79.8 cm³/mol. The molecule has 0 bridgehead atoms. The van der Waals surface area contributed by atoms with Gasteiger partial charge in [0.25, 0.3) is 0 Å². The zero-order chi connectivity index (χ0) is 15.4. The molecule has 0 spiro atoms. The number of amides is 2. The van der Waals surface area contributed by atoms with E-state index in [4.69, 9.17) is 0 Å². The quantitative estimate of drug-likeness (QED) is 0.814. The van der Waals surface area contributed by atoms with Gasteiger partial charge in [0, 0.05) is 25.2 Å².